The van der Waals surface area contributed by atoms with Crippen LogP contribution in [0.15, 0.2) is 0 Å². The largest absolute Gasteiger partial charge is 0.394 e. The smallest absolute Gasteiger partial charge is 0.186 e. The first kappa shape index (κ1) is 48.2. The lowest BCUT2D eigenvalue weighted by atomic mass is 9.84. The lowest BCUT2D eigenvalue weighted by Gasteiger charge is -2.47. The maximum atomic E-state index is 11.2. The highest BCUT2D eigenvalue weighted by Crippen LogP contribution is 2.34. The molecule has 0 aromatic heterocycles. The molecule has 0 aliphatic carbocycles. The Bertz CT molecular complexity index is 1260. The molecule has 7 rings (SSSR count). The highest BCUT2D eigenvalue weighted by atomic mass is 32.1. The molecule has 23 heteroatoms. The predicted octanol–water partition coefficient (Wildman–Crippen LogP) is -5.01. The van der Waals surface area contributed by atoms with Crippen molar-refractivity contribution in [3.05, 3.63) is 0 Å². The molecule has 20 nitrogen and oxygen atoms in total. The van der Waals surface area contributed by atoms with E-state index in [1.165, 1.54) is 0 Å². The summed E-state index contributed by atoms with van der Waals surface area (Å²) in [5.74, 6) is -0.870. The molecule has 0 aromatic rings. The molecule has 7 heterocycles. The molecule has 330 valence electrons. The van der Waals surface area contributed by atoms with Crippen molar-refractivity contribution in [2.24, 2.45) is 17.6 Å². The number of nitrogens with one attached hydrogen (secondary N) is 5. The van der Waals surface area contributed by atoms with Crippen LogP contribution in [0.1, 0.15) is 39.0 Å². The van der Waals surface area contributed by atoms with Gasteiger partial charge < -0.3 is 96.9 Å². The second-order valence-electron chi connectivity index (χ2n) is 14.8. The van der Waals surface area contributed by atoms with Crippen LogP contribution in [-0.4, -0.2) is 207 Å². The third kappa shape index (κ3) is 14.0. The van der Waals surface area contributed by atoms with E-state index in [9.17, 15) is 40.9 Å². The van der Waals surface area contributed by atoms with E-state index in [2.05, 4.69) is 31.5 Å². The number of hydrogen-bond donors (Lipinski definition) is 14. The fraction of sp³-hybridized carbons (Fsp3) is 0.912. The van der Waals surface area contributed by atoms with Gasteiger partial charge in [0.05, 0.1) is 31.0 Å². The van der Waals surface area contributed by atoms with Gasteiger partial charge in [-0.1, -0.05) is 19.8 Å². The number of aliphatic hydroxyl groups is 8. The van der Waals surface area contributed by atoms with Gasteiger partial charge in [0, 0.05) is 70.8 Å². The first-order chi connectivity index (χ1) is 27.2. The normalized spacial score (nSPS) is 37.3. The summed E-state index contributed by atoms with van der Waals surface area (Å²) in [6.45, 7) is 5.12. The maximum absolute atomic E-state index is 11.2. The summed E-state index contributed by atoms with van der Waals surface area (Å²) in [4.78, 5) is 2.13. The van der Waals surface area contributed by atoms with Gasteiger partial charge in [-0.15, -0.1) is 0 Å². The van der Waals surface area contributed by atoms with Crippen molar-refractivity contribution in [2.75, 3.05) is 65.6 Å². The first-order valence-corrected chi connectivity index (χ1v) is 20.9. The van der Waals surface area contributed by atoms with Crippen LogP contribution >= 0.6 is 36.7 Å². The van der Waals surface area contributed by atoms with Crippen molar-refractivity contribution < 1.29 is 64.5 Å². The average Bonchev–Trinajstić information content (AvgIpc) is 3.18. The van der Waals surface area contributed by atoms with Crippen molar-refractivity contribution in [2.45, 2.75) is 119 Å². The fourth-order valence-corrected chi connectivity index (χ4v) is 8.06. The van der Waals surface area contributed by atoms with Gasteiger partial charge in [-0.25, -0.2) is 0 Å². The van der Waals surface area contributed by atoms with Gasteiger partial charge in [-0.3, -0.25) is 4.90 Å². The van der Waals surface area contributed by atoms with Crippen LogP contribution in [-0.2, 0) is 23.7 Å². The van der Waals surface area contributed by atoms with E-state index < -0.39 is 92.4 Å². The molecule has 0 spiro atoms. The van der Waals surface area contributed by atoms with E-state index in [1.54, 1.807) is 0 Å². The fourth-order valence-electron chi connectivity index (χ4n) is 7.58. The highest BCUT2D eigenvalue weighted by molar-refractivity contribution is 7.80. The van der Waals surface area contributed by atoms with Crippen LogP contribution < -0.4 is 32.3 Å². The summed E-state index contributed by atoms with van der Waals surface area (Å²) in [6.07, 6.45) is -12.9. The van der Waals surface area contributed by atoms with Crippen LogP contribution in [0.4, 0.5) is 0 Å². The molecule has 0 saturated carbocycles. The number of nitrogens with zero attached hydrogens (tertiary/aromatic N) is 1. The van der Waals surface area contributed by atoms with E-state index >= 15 is 0 Å². The molecule has 7 fully saturated rings. The molecular weight excluding hydrogens is 811 g/mol. The Morgan fingerprint density at radius 1 is 0.667 bits per heavy atom. The Hall–Kier alpha value is -1.49. The van der Waals surface area contributed by atoms with Crippen molar-refractivity contribution in [1.29, 1.82) is 0 Å². The molecule has 9 unspecified atom stereocenters. The Kier molecular flexibility index (Phi) is 20.4. The summed E-state index contributed by atoms with van der Waals surface area (Å²) in [6, 6.07) is 0. The van der Waals surface area contributed by atoms with E-state index in [0.717, 1.165) is 6.42 Å². The van der Waals surface area contributed by atoms with E-state index in [4.69, 9.17) is 66.1 Å². The Morgan fingerprint density at radius 3 is 1.88 bits per heavy atom. The van der Waals surface area contributed by atoms with E-state index in [-0.39, 0.29) is 30.7 Å². The topological polar surface area (TPSA) is 297 Å². The number of aliphatic hydroxyl groups excluding tert-OH is 8. The van der Waals surface area contributed by atoms with Crippen molar-refractivity contribution in [1.82, 2.24) is 31.5 Å². The Morgan fingerprint density at radius 2 is 1.26 bits per heavy atom. The average molecular weight is 874 g/mol. The maximum Gasteiger partial charge on any atom is 0.186 e. The van der Waals surface area contributed by atoms with Crippen LogP contribution in [0.25, 0.3) is 0 Å². The molecule has 4 bridgehead atoms. The predicted molar refractivity (Wildman–Crippen MR) is 216 cm³/mol. The number of nitrogens with two attached hydrogens (primary N) is 1. The molecule has 15 atom stereocenters. The second kappa shape index (κ2) is 24.1. The van der Waals surface area contributed by atoms with Crippen LogP contribution in [0.3, 0.4) is 0 Å². The lowest BCUT2D eigenvalue weighted by molar-refractivity contribution is -0.355. The molecule has 7 saturated heterocycles. The number of hydrogen-bond acceptors (Lipinski definition) is 17. The van der Waals surface area contributed by atoms with Gasteiger partial charge in [-0.05, 0) is 55.9 Å². The second-order valence-corrected chi connectivity index (χ2v) is 16.0. The third-order valence-corrected chi connectivity index (χ3v) is 11.5. The SMILES string of the molecule is CCCC1C(CNC(=S)NCCN(CCNC(N)=S)CCNC(=S)NCC2O[C@@H]3OC4C(CO)O[C@H](OCCCCC2[C@@H](O)C3O)C(O)[C@@H]4O)O[C@H](O)C(O)[C@@H]1O. The van der Waals surface area contributed by atoms with Crippen molar-refractivity contribution in [3.63, 3.8) is 0 Å². The number of thiocarbonyl (C=S) groups is 3. The minimum absolute atomic E-state index is 0.147. The molecule has 0 aromatic carbocycles. The molecule has 7 aliphatic heterocycles. The summed E-state index contributed by atoms with van der Waals surface area (Å²) in [7, 11) is 0. The molecule has 15 N–H and O–H groups in total. The zero-order valence-corrected chi connectivity index (χ0v) is 34.6. The summed E-state index contributed by atoms with van der Waals surface area (Å²) in [5.41, 5.74) is 5.62. The molecular formula is C34H63N7O13S3. The molecule has 7 aliphatic rings. The van der Waals surface area contributed by atoms with Crippen LogP contribution in [0.5, 0.6) is 0 Å². The zero-order valence-electron chi connectivity index (χ0n) is 32.1. The zero-order chi connectivity index (χ0) is 41.6. The number of rotatable bonds is 16. The Labute approximate surface area is 349 Å². The minimum atomic E-state index is -1.53. The van der Waals surface area contributed by atoms with Crippen LogP contribution in [0.2, 0.25) is 0 Å². The number of ether oxygens (including phenoxy) is 5. The summed E-state index contributed by atoms with van der Waals surface area (Å²) < 4.78 is 28.9. The molecule has 0 amide bonds. The minimum Gasteiger partial charge on any atom is -0.394 e. The third-order valence-electron chi connectivity index (χ3n) is 10.8. The van der Waals surface area contributed by atoms with Gasteiger partial charge in [0.25, 0.3) is 0 Å². The summed E-state index contributed by atoms with van der Waals surface area (Å²) in [5, 5.41) is 101. The van der Waals surface area contributed by atoms with E-state index in [1.807, 2.05) is 6.92 Å². The lowest BCUT2D eigenvalue weighted by Crippen LogP contribution is -2.64. The van der Waals surface area contributed by atoms with Crippen LogP contribution in [0, 0.1) is 11.8 Å². The van der Waals surface area contributed by atoms with Crippen molar-refractivity contribution >= 4 is 52.0 Å². The molecule has 57 heavy (non-hydrogen) atoms. The molecule has 0 radical (unpaired) electrons. The monoisotopic (exact) mass is 873 g/mol. The van der Waals surface area contributed by atoms with Gasteiger partial charge in [-0.2, -0.15) is 0 Å². The van der Waals surface area contributed by atoms with Gasteiger partial charge in [0.15, 0.2) is 34.2 Å². The van der Waals surface area contributed by atoms with Gasteiger partial charge in [0.2, 0.25) is 0 Å². The van der Waals surface area contributed by atoms with Gasteiger partial charge >= 0.3 is 0 Å². The Balaban J connectivity index is 1.26. The van der Waals surface area contributed by atoms with Gasteiger partial charge in [0.1, 0.15) is 36.6 Å². The quantitative estimate of drug-likeness (QED) is 0.0646. The summed E-state index contributed by atoms with van der Waals surface area (Å²) >= 11 is 16.0. The first-order valence-electron chi connectivity index (χ1n) is 19.6. The highest BCUT2D eigenvalue weighted by Gasteiger charge is 2.51. The van der Waals surface area contributed by atoms with Crippen molar-refractivity contribution in [3.8, 4) is 0 Å². The standard InChI is InChI=1S/C34H63N7O13S3/c1-2-5-17-19(51-29(49)25(46)22(17)43)14-39-33(56)37-8-11-41(10-7-36-32(35)55)12-9-38-34(57)40-15-20-18-6-3-4-13-50-30-27(48)24(45)28(21(16-42)53-30)54-31(52-20)26(47)23(18)44/h17-31,42-49H,2-16H2,1H3,(H3,35,36,55)(H2,37,39,56)(H2,38,40,57)/t17?,18?,19?,20?,21?,22-,23-,24+,25?,26?,27?,28?,29+,30+,31-/m1/s1. The van der Waals surface area contributed by atoms with E-state index in [0.29, 0.717) is 75.2 Å².